The minimum atomic E-state index is -0.119. The van der Waals surface area contributed by atoms with Gasteiger partial charge in [0, 0.05) is 23.0 Å². The fraction of sp³-hybridized carbons (Fsp3) is 0.333. The first-order chi connectivity index (χ1) is 12.4. The van der Waals surface area contributed by atoms with Crippen molar-refractivity contribution >= 4 is 23.2 Å². The number of carbonyl (C=O) groups is 2. The Morgan fingerprint density at radius 1 is 0.962 bits per heavy atom. The second-order valence-electron chi connectivity index (χ2n) is 6.56. The van der Waals surface area contributed by atoms with E-state index in [1.165, 1.54) is 5.56 Å². The lowest BCUT2D eigenvalue weighted by atomic mass is 10.1. The first-order valence-corrected chi connectivity index (χ1v) is 8.91. The van der Waals surface area contributed by atoms with Crippen LogP contribution in [0.3, 0.4) is 0 Å². The molecule has 5 heteroatoms. The average molecular weight is 353 g/mol. The summed E-state index contributed by atoms with van der Waals surface area (Å²) in [6.45, 7) is 8.21. The van der Waals surface area contributed by atoms with Gasteiger partial charge >= 0.3 is 0 Å². The summed E-state index contributed by atoms with van der Waals surface area (Å²) in [7, 11) is 0. The lowest BCUT2D eigenvalue weighted by Crippen LogP contribution is -2.31. The third-order valence-corrected chi connectivity index (χ3v) is 4.38. The molecular formula is C21H27N3O2. The molecule has 2 amide bonds. The van der Waals surface area contributed by atoms with Gasteiger partial charge in [-0.15, -0.1) is 0 Å². The van der Waals surface area contributed by atoms with Gasteiger partial charge in [0.05, 0.1) is 6.54 Å². The molecule has 0 spiro atoms. The van der Waals surface area contributed by atoms with Crippen molar-refractivity contribution in [1.29, 1.82) is 0 Å². The number of anilines is 2. The van der Waals surface area contributed by atoms with Gasteiger partial charge in [-0.25, -0.2) is 0 Å². The standard InChI is InChI=1S/C21H27N3O2/c1-5-16(4)23-21(26)17-7-10-18(11-8-17)22-13-20(25)24-19-9-6-14(2)15(3)12-19/h6-12,16,22H,5,13H2,1-4H3,(H,23,26)(H,24,25). The highest BCUT2D eigenvalue weighted by molar-refractivity contribution is 5.95. The maximum absolute atomic E-state index is 12.1. The van der Waals surface area contributed by atoms with Gasteiger partial charge in [0.1, 0.15) is 0 Å². The highest BCUT2D eigenvalue weighted by Gasteiger charge is 2.08. The van der Waals surface area contributed by atoms with Gasteiger partial charge < -0.3 is 16.0 Å². The minimum absolute atomic E-state index is 0.0848. The maximum Gasteiger partial charge on any atom is 0.251 e. The van der Waals surface area contributed by atoms with E-state index in [1.807, 2.05) is 45.9 Å². The first-order valence-electron chi connectivity index (χ1n) is 8.91. The maximum atomic E-state index is 12.1. The van der Waals surface area contributed by atoms with E-state index in [-0.39, 0.29) is 24.4 Å². The van der Waals surface area contributed by atoms with E-state index < -0.39 is 0 Å². The number of hydrogen-bond acceptors (Lipinski definition) is 3. The van der Waals surface area contributed by atoms with Crippen LogP contribution in [0.4, 0.5) is 11.4 Å². The van der Waals surface area contributed by atoms with Crippen molar-refractivity contribution in [3.05, 3.63) is 59.2 Å². The highest BCUT2D eigenvalue weighted by Crippen LogP contribution is 2.14. The number of nitrogens with one attached hydrogen (secondary N) is 3. The Bertz CT molecular complexity index is 769. The molecule has 2 aromatic carbocycles. The quantitative estimate of drug-likeness (QED) is 0.707. The van der Waals surface area contributed by atoms with Gasteiger partial charge in [-0.3, -0.25) is 9.59 Å². The first kappa shape index (κ1) is 19.5. The zero-order chi connectivity index (χ0) is 19.1. The van der Waals surface area contributed by atoms with Crippen molar-refractivity contribution in [1.82, 2.24) is 5.32 Å². The molecule has 26 heavy (non-hydrogen) atoms. The van der Waals surface area contributed by atoms with Crippen LogP contribution in [-0.2, 0) is 4.79 Å². The van der Waals surface area contributed by atoms with Crippen LogP contribution in [0.1, 0.15) is 41.8 Å². The number of hydrogen-bond donors (Lipinski definition) is 3. The zero-order valence-corrected chi connectivity index (χ0v) is 15.8. The van der Waals surface area contributed by atoms with Crippen molar-refractivity contribution in [2.24, 2.45) is 0 Å². The van der Waals surface area contributed by atoms with Gasteiger partial charge in [0.25, 0.3) is 5.91 Å². The summed E-state index contributed by atoms with van der Waals surface area (Å²) >= 11 is 0. The molecule has 1 atom stereocenters. The van der Waals surface area contributed by atoms with E-state index in [1.54, 1.807) is 24.3 Å². The fourth-order valence-electron chi connectivity index (χ4n) is 2.36. The second kappa shape index (κ2) is 9.04. The lowest BCUT2D eigenvalue weighted by Gasteiger charge is -2.12. The molecule has 0 saturated heterocycles. The van der Waals surface area contributed by atoms with Crippen molar-refractivity contribution in [2.75, 3.05) is 17.2 Å². The molecule has 2 rings (SSSR count). The molecule has 2 aromatic rings. The van der Waals surface area contributed by atoms with Crippen LogP contribution in [-0.4, -0.2) is 24.4 Å². The second-order valence-corrected chi connectivity index (χ2v) is 6.56. The van der Waals surface area contributed by atoms with E-state index >= 15 is 0 Å². The van der Waals surface area contributed by atoms with Crippen molar-refractivity contribution < 1.29 is 9.59 Å². The Balaban J connectivity index is 1.86. The highest BCUT2D eigenvalue weighted by atomic mass is 16.2. The molecule has 0 fully saturated rings. The molecule has 3 N–H and O–H groups in total. The summed E-state index contributed by atoms with van der Waals surface area (Å²) in [5, 5.41) is 8.87. The SMILES string of the molecule is CCC(C)NC(=O)c1ccc(NCC(=O)Nc2ccc(C)c(C)c2)cc1. The molecule has 1 unspecified atom stereocenters. The van der Waals surface area contributed by atoms with E-state index in [9.17, 15) is 9.59 Å². The fourth-order valence-corrected chi connectivity index (χ4v) is 2.36. The molecule has 0 radical (unpaired) electrons. The van der Waals surface area contributed by atoms with Crippen LogP contribution in [0.2, 0.25) is 0 Å². The number of aryl methyl sites for hydroxylation is 2. The Labute approximate surface area is 155 Å². The Morgan fingerprint density at radius 2 is 1.62 bits per heavy atom. The van der Waals surface area contributed by atoms with Crippen LogP contribution in [0, 0.1) is 13.8 Å². The van der Waals surface area contributed by atoms with Gasteiger partial charge in [0.2, 0.25) is 5.91 Å². The van der Waals surface area contributed by atoms with Crippen LogP contribution < -0.4 is 16.0 Å². The summed E-state index contributed by atoms with van der Waals surface area (Å²) in [6, 6.07) is 13.1. The molecule has 5 nitrogen and oxygen atoms in total. The molecule has 0 saturated carbocycles. The predicted octanol–water partition coefficient (Wildman–Crippen LogP) is 3.88. The number of amides is 2. The molecule has 0 heterocycles. The largest absolute Gasteiger partial charge is 0.376 e. The Hall–Kier alpha value is -2.82. The third kappa shape index (κ3) is 5.62. The van der Waals surface area contributed by atoms with Crippen LogP contribution in [0.15, 0.2) is 42.5 Å². The lowest BCUT2D eigenvalue weighted by molar-refractivity contribution is -0.114. The smallest absolute Gasteiger partial charge is 0.251 e. The van der Waals surface area contributed by atoms with Crippen LogP contribution in [0.25, 0.3) is 0 Å². The number of benzene rings is 2. The van der Waals surface area contributed by atoms with Gasteiger partial charge in [0.15, 0.2) is 0 Å². The minimum Gasteiger partial charge on any atom is -0.376 e. The summed E-state index contributed by atoms with van der Waals surface area (Å²) < 4.78 is 0. The summed E-state index contributed by atoms with van der Waals surface area (Å²) in [5.41, 5.74) is 4.52. The van der Waals surface area contributed by atoms with Crippen molar-refractivity contribution in [2.45, 2.75) is 40.2 Å². The van der Waals surface area contributed by atoms with E-state index in [0.717, 1.165) is 23.4 Å². The van der Waals surface area contributed by atoms with Gasteiger partial charge in [-0.05, 0) is 74.7 Å². The summed E-state index contributed by atoms with van der Waals surface area (Å²) in [4.78, 5) is 24.1. The number of carbonyl (C=O) groups excluding carboxylic acids is 2. The summed E-state index contributed by atoms with van der Waals surface area (Å²) in [5.74, 6) is -0.203. The van der Waals surface area contributed by atoms with Crippen LogP contribution >= 0.6 is 0 Å². The zero-order valence-electron chi connectivity index (χ0n) is 15.8. The molecule has 0 aromatic heterocycles. The van der Waals surface area contributed by atoms with Gasteiger partial charge in [-0.1, -0.05) is 13.0 Å². The van der Waals surface area contributed by atoms with E-state index in [2.05, 4.69) is 16.0 Å². The molecule has 138 valence electrons. The normalized spacial score (nSPS) is 11.5. The topological polar surface area (TPSA) is 70.2 Å². The van der Waals surface area contributed by atoms with E-state index in [0.29, 0.717) is 5.56 Å². The Morgan fingerprint density at radius 3 is 2.23 bits per heavy atom. The molecule has 0 aliphatic carbocycles. The average Bonchev–Trinajstić information content (AvgIpc) is 2.63. The Kier molecular flexibility index (Phi) is 6.78. The molecule has 0 aliphatic rings. The van der Waals surface area contributed by atoms with E-state index in [4.69, 9.17) is 0 Å². The van der Waals surface area contributed by atoms with Crippen molar-refractivity contribution in [3.63, 3.8) is 0 Å². The molecule has 0 aliphatic heterocycles. The molecular weight excluding hydrogens is 326 g/mol. The summed E-state index contributed by atoms with van der Waals surface area (Å²) in [6.07, 6.45) is 0.890. The predicted molar refractivity (Wildman–Crippen MR) is 107 cm³/mol. The monoisotopic (exact) mass is 353 g/mol. The third-order valence-electron chi connectivity index (χ3n) is 4.38. The van der Waals surface area contributed by atoms with Crippen molar-refractivity contribution in [3.8, 4) is 0 Å². The number of rotatable bonds is 7. The molecule has 0 bridgehead atoms. The van der Waals surface area contributed by atoms with Crippen LogP contribution in [0.5, 0.6) is 0 Å². The van der Waals surface area contributed by atoms with Gasteiger partial charge in [-0.2, -0.15) is 0 Å².